The van der Waals surface area contributed by atoms with Gasteiger partial charge in [-0.25, -0.2) is 9.59 Å². The van der Waals surface area contributed by atoms with Gasteiger partial charge in [-0.3, -0.25) is 0 Å². The summed E-state index contributed by atoms with van der Waals surface area (Å²) in [7, 11) is 0. The predicted octanol–water partition coefficient (Wildman–Crippen LogP) is 0.0227. The average molecular weight is 246 g/mol. The summed E-state index contributed by atoms with van der Waals surface area (Å²) in [6, 6.07) is 0. The summed E-state index contributed by atoms with van der Waals surface area (Å²) < 4.78 is 14.9. The van der Waals surface area contributed by atoms with Crippen LogP contribution in [0.15, 0.2) is 0 Å². The third-order valence-electron chi connectivity index (χ3n) is 2.33. The molecule has 0 aromatic rings. The Kier molecular flexibility index (Phi) is 5.93. The molecule has 1 fully saturated rings. The first-order valence-electron chi connectivity index (χ1n) is 5.78. The highest BCUT2D eigenvalue weighted by Crippen LogP contribution is 2.21. The summed E-state index contributed by atoms with van der Waals surface area (Å²) >= 11 is 0. The number of hydrogen-bond donors (Lipinski definition) is 1. The maximum Gasteiger partial charge on any atom is 0.335 e. The van der Waals surface area contributed by atoms with Crippen LogP contribution in [0.3, 0.4) is 0 Å². The van der Waals surface area contributed by atoms with E-state index in [4.69, 9.17) is 19.3 Å². The van der Waals surface area contributed by atoms with E-state index in [1.807, 2.05) is 6.92 Å². The van der Waals surface area contributed by atoms with Gasteiger partial charge in [0.05, 0.1) is 13.2 Å². The van der Waals surface area contributed by atoms with Gasteiger partial charge in [0.1, 0.15) is 6.61 Å². The second-order valence-corrected chi connectivity index (χ2v) is 3.75. The van der Waals surface area contributed by atoms with Gasteiger partial charge in [0.15, 0.2) is 12.2 Å². The molecule has 6 nitrogen and oxygen atoms in total. The van der Waals surface area contributed by atoms with Crippen molar-refractivity contribution in [1.82, 2.24) is 0 Å². The van der Waals surface area contributed by atoms with Crippen molar-refractivity contribution in [2.75, 3.05) is 19.8 Å². The third-order valence-corrected chi connectivity index (χ3v) is 2.33. The molecule has 17 heavy (non-hydrogen) atoms. The lowest BCUT2D eigenvalue weighted by molar-refractivity contribution is -0.165. The van der Waals surface area contributed by atoms with Gasteiger partial charge in [-0.1, -0.05) is 6.92 Å². The van der Waals surface area contributed by atoms with Crippen LogP contribution in [0, 0.1) is 0 Å². The van der Waals surface area contributed by atoms with Gasteiger partial charge in [0, 0.05) is 0 Å². The Bertz CT molecular complexity index is 239. The van der Waals surface area contributed by atoms with Crippen molar-refractivity contribution in [3.8, 4) is 0 Å². The first-order valence-corrected chi connectivity index (χ1v) is 5.78. The van der Waals surface area contributed by atoms with E-state index in [2.05, 4.69) is 0 Å². The highest BCUT2D eigenvalue weighted by Gasteiger charge is 2.36. The molecule has 0 aromatic carbocycles. The average Bonchev–Trinajstić information content (AvgIpc) is 2.82. The summed E-state index contributed by atoms with van der Waals surface area (Å²) in [6.45, 7) is 1.99. The Morgan fingerprint density at radius 2 is 1.71 bits per heavy atom. The minimum atomic E-state index is -0.722. The number of esters is 2. The monoisotopic (exact) mass is 246 g/mol. The van der Waals surface area contributed by atoms with Crippen molar-refractivity contribution in [3.63, 3.8) is 0 Å². The van der Waals surface area contributed by atoms with Crippen molar-refractivity contribution < 1.29 is 28.9 Å². The number of aliphatic hydroxyl groups excluding tert-OH is 1. The van der Waals surface area contributed by atoms with Crippen LogP contribution in [0.4, 0.5) is 0 Å². The van der Waals surface area contributed by atoms with Crippen molar-refractivity contribution in [2.24, 2.45) is 0 Å². The topological polar surface area (TPSA) is 82.1 Å². The molecule has 0 amide bonds. The number of carbonyl (C=O) groups is 2. The minimum Gasteiger partial charge on any atom is -0.464 e. The summed E-state index contributed by atoms with van der Waals surface area (Å²) in [5, 5.41) is 8.50. The SMILES string of the molecule is CCCOC(=O)C1CCC(C(=O)OCCO)O1. The molecule has 1 rings (SSSR count). The van der Waals surface area contributed by atoms with Gasteiger partial charge in [0.2, 0.25) is 0 Å². The summed E-state index contributed by atoms with van der Waals surface area (Å²) in [5.41, 5.74) is 0. The molecule has 1 aliphatic rings. The van der Waals surface area contributed by atoms with Crippen LogP contribution < -0.4 is 0 Å². The number of carbonyl (C=O) groups excluding carboxylic acids is 2. The quantitative estimate of drug-likeness (QED) is 0.665. The zero-order valence-corrected chi connectivity index (χ0v) is 9.89. The van der Waals surface area contributed by atoms with Crippen molar-refractivity contribution in [3.05, 3.63) is 0 Å². The number of hydrogen-bond acceptors (Lipinski definition) is 6. The predicted molar refractivity (Wildman–Crippen MR) is 57.2 cm³/mol. The Hall–Kier alpha value is -1.14. The highest BCUT2D eigenvalue weighted by molar-refractivity contribution is 5.79. The number of ether oxygens (including phenoxy) is 3. The standard InChI is InChI=1S/C11H18O6/c1-2-6-15-10(13)8-3-4-9(17-8)11(14)16-7-5-12/h8-9,12H,2-7H2,1H3. The van der Waals surface area contributed by atoms with Crippen molar-refractivity contribution in [1.29, 1.82) is 0 Å². The van der Waals surface area contributed by atoms with E-state index < -0.39 is 24.1 Å². The lowest BCUT2D eigenvalue weighted by Gasteiger charge is -2.12. The molecule has 1 aliphatic heterocycles. The maximum atomic E-state index is 11.4. The van der Waals surface area contributed by atoms with E-state index in [-0.39, 0.29) is 13.2 Å². The van der Waals surface area contributed by atoms with E-state index in [0.29, 0.717) is 19.4 Å². The van der Waals surface area contributed by atoms with E-state index in [0.717, 1.165) is 6.42 Å². The molecular formula is C11H18O6. The van der Waals surface area contributed by atoms with Gasteiger partial charge >= 0.3 is 11.9 Å². The van der Waals surface area contributed by atoms with Crippen LogP contribution in [0.2, 0.25) is 0 Å². The fourth-order valence-electron chi connectivity index (χ4n) is 1.52. The molecule has 0 radical (unpaired) electrons. The lowest BCUT2D eigenvalue weighted by atomic mass is 10.2. The zero-order chi connectivity index (χ0) is 12.7. The molecule has 6 heteroatoms. The zero-order valence-electron chi connectivity index (χ0n) is 9.89. The van der Waals surface area contributed by atoms with Gasteiger partial charge in [-0.05, 0) is 19.3 Å². The van der Waals surface area contributed by atoms with Crippen molar-refractivity contribution in [2.45, 2.75) is 38.4 Å². The molecule has 1 heterocycles. The normalized spacial score (nSPS) is 23.4. The molecule has 1 N–H and O–H groups in total. The number of aliphatic hydroxyl groups is 1. The van der Waals surface area contributed by atoms with Gasteiger partial charge in [-0.2, -0.15) is 0 Å². The first kappa shape index (κ1) is 13.9. The molecule has 2 atom stereocenters. The molecular weight excluding hydrogens is 228 g/mol. The lowest BCUT2D eigenvalue weighted by Crippen LogP contribution is -2.28. The molecule has 1 saturated heterocycles. The molecule has 0 bridgehead atoms. The van der Waals surface area contributed by atoms with Gasteiger partial charge in [-0.15, -0.1) is 0 Å². The Labute approximate surface area is 99.8 Å². The smallest absolute Gasteiger partial charge is 0.335 e. The van der Waals surface area contributed by atoms with Gasteiger partial charge < -0.3 is 19.3 Å². The molecule has 98 valence electrons. The summed E-state index contributed by atoms with van der Waals surface area (Å²) in [5.74, 6) is -0.964. The molecule has 0 spiro atoms. The Morgan fingerprint density at radius 3 is 2.18 bits per heavy atom. The summed E-state index contributed by atoms with van der Waals surface area (Å²) in [4.78, 5) is 22.8. The van der Waals surface area contributed by atoms with E-state index >= 15 is 0 Å². The van der Waals surface area contributed by atoms with E-state index in [1.54, 1.807) is 0 Å². The molecule has 0 saturated carbocycles. The fraction of sp³-hybridized carbons (Fsp3) is 0.818. The molecule has 0 aromatic heterocycles. The van der Waals surface area contributed by atoms with E-state index in [9.17, 15) is 9.59 Å². The Morgan fingerprint density at radius 1 is 1.18 bits per heavy atom. The fourth-order valence-corrected chi connectivity index (χ4v) is 1.52. The molecule has 0 aliphatic carbocycles. The first-order chi connectivity index (χ1) is 8.19. The second kappa shape index (κ2) is 7.24. The second-order valence-electron chi connectivity index (χ2n) is 3.75. The molecule has 2 unspecified atom stereocenters. The van der Waals surface area contributed by atoms with Crippen LogP contribution in [-0.2, 0) is 23.8 Å². The van der Waals surface area contributed by atoms with Crippen LogP contribution in [-0.4, -0.2) is 49.1 Å². The van der Waals surface area contributed by atoms with Crippen molar-refractivity contribution >= 4 is 11.9 Å². The van der Waals surface area contributed by atoms with Crippen LogP contribution in [0.25, 0.3) is 0 Å². The third kappa shape index (κ3) is 4.32. The minimum absolute atomic E-state index is 0.0519. The summed E-state index contributed by atoms with van der Waals surface area (Å²) in [6.07, 6.45) is 0.256. The number of rotatable bonds is 6. The maximum absolute atomic E-state index is 11.4. The van der Waals surface area contributed by atoms with Crippen LogP contribution >= 0.6 is 0 Å². The largest absolute Gasteiger partial charge is 0.464 e. The Balaban J connectivity index is 2.31. The van der Waals surface area contributed by atoms with Crippen LogP contribution in [0.5, 0.6) is 0 Å². The highest BCUT2D eigenvalue weighted by atomic mass is 16.6. The van der Waals surface area contributed by atoms with E-state index in [1.165, 1.54) is 0 Å². The van der Waals surface area contributed by atoms with Crippen LogP contribution in [0.1, 0.15) is 26.2 Å². The van der Waals surface area contributed by atoms with Gasteiger partial charge in [0.25, 0.3) is 0 Å².